The smallest absolute Gasteiger partial charge is 0.269 e. The summed E-state index contributed by atoms with van der Waals surface area (Å²) in [5, 5.41) is 15.0. The van der Waals surface area contributed by atoms with E-state index in [1.807, 2.05) is 0 Å². The van der Waals surface area contributed by atoms with Crippen molar-refractivity contribution in [2.75, 3.05) is 19.1 Å². The second-order valence-electron chi connectivity index (χ2n) is 4.70. The van der Waals surface area contributed by atoms with Gasteiger partial charge in [-0.25, -0.2) is 0 Å². The molecule has 2 aromatic carbocycles. The topological polar surface area (TPSA) is 86.0 Å². The van der Waals surface area contributed by atoms with Gasteiger partial charge >= 0.3 is 0 Å². The molecule has 0 saturated carbocycles. The fourth-order valence-electron chi connectivity index (χ4n) is 1.91. The van der Waals surface area contributed by atoms with Gasteiger partial charge < -0.3 is 9.47 Å². The lowest BCUT2D eigenvalue weighted by Gasteiger charge is -2.11. The zero-order valence-electron chi connectivity index (χ0n) is 13.2. The number of nitrogens with one attached hydrogen (secondary N) is 1. The molecule has 7 nitrogen and oxygen atoms in total. The van der Waals surface area contributed by atoms with E-state index in [0.717, 1.165) is 0 Å². The van der Waals surface area contributed by atoms with Crippen molar-refractivity contribution in [2.45, 2.75) is 0 Å². The summed E-state index contributed by atoms with van der Waals surface area (Å²) in [7, 11) is 1.49. The Labute approximate surface area is 149 Å². The van der Waals surface area contributed by atoms with Gasteiger partial charge in [0.1, 0.15) is 6.61 Å². The number of benzene rings is 2. The maximum absolute atomic E-state index is 10.6. The number of halogens is 1. The number of nitro benzene ring substituents is 1. The Morgan fingerprint density at radius 2 is 2.12 bits per heavy atom. The zero-order valence-corrected chi connectivity index (χ0v) is 14.0. The highest BCUT2D eigenvalue weighted by Crippen LogP contribution is 2.36. The van der Waals surface area contributed by atoms with Gasteiger partial charge in [0.25, 0.3) is 5.69 Å². The third-order valence-electron chi connectivity index (χ3n) is 3.04. The molecule has 2 rings (SSSR count). The lowest BCUT2D eigenvalue weighted by atomic mass is 10.2. The highest BCUT2D eigenvalue weighted by molar-refractivity contribution is 6.32. The fourth-order valence-corrected chi connectivity index (χ4v) is 2.18. The second kappa shape index (κ2) is 8.57. The summed E-state index contributed by atoms with van der Waals surface area (Å²) in [6.07, 6.45) is 6.70. The Kier molecular flexibility index (Phi) is 6.20. The van der Waals surface area contributed by atoms with E-state index in [9.17, 15) is 10.1 Å². The first-order chi connectivity index (χ1) is 12.0. The molecule has 0 radical (unpaired) electrons. The molecule has 0 aliphatic carbocycles. The number of terminal acetylenes is 1. The number of anilines is 1. The fraction of sp³-hybridized carbons (Fsp3) is 0.118. The van der Waals surface area contributed by atoms with Crippen LogP contribution in [0, 0.1) is 22.5 Å². The maximum Gasteiger partial charge on any atom is 0.269 e. The normalized spacial score (nSPS) is 10.3. The molecule has 2 aromatic rings. The van der Waals surface area contributed by atoms with Crippen LogP contribution in [0.2, 0.25) is 5.02 Å². The van der Waals surface area contributed by atoms with Crippen LogP contribution in [0.5, 0.6) is 11.5 Å². The molecule has 8 heteroatoms. The summed E-state index contributed by atoms with van der Waals surface area (Å²) in [5.74, 6) is 3.15. The van der Waals surface area contributed by atoms with Gasteiger partial charge in [0.05, 0.1) is 29.0 Å². The third kappa shape index (κ3) is 4.86. The number of hydrazone groups is 1. The molecule has 0 aromatic heterocycles. The van der Waals surface area contributed by atoms with Gasteiger partial charge in [0.15, 0.2) is 11.5 Å². The van der Waals surface area contributed by atoms with E-state index in [1.54, 1.807) is 24.3 Å². The van der Waals surface area contributed by atoms with Gasteiger partial charge in [0, 0.05) is 12.1 Å². The first kappa shape index (κ1) is 18.1. The summed E-state index contributed by atoms with van der Waals surface area (Å²) >= 11 is 6.17. The minimum Gasteiger partial charge on any atom is -0.493 e. The molecule has 25 heavy (non-hydrogen) atoms. The van der Waals surface area contributed by atoms with Crippen molar-refractivity contribution in [1.82, 2.24) is 0 Å². The maximum atomic E-state index is 10.6. The number of rotatable bonds is 7. The third-order valence-corrected chi connectivity index (χ3v) is 3.32. The van der Waals surface area contributed by atoms with Crippen molar-refractivity contribution in [1.29, 1.82) is 0 Å². The van der Waals surface area contributed by atoms with Crippen LogP contribution >= 0.6 is 11.6 Å². The average molecular weight is 360 g/mol. The van der Waals surface area contributed by atoms with Crippen LogP contribution in [0.3, 0.4) is 0 Å². The molecule has 1 N–H and O–H groups in total. The van der Waals surface area contributed by atoms with Crippen molar-refractivity contribution in [3.63, 3.8) is 0 Å². The lowest BCUT2D eigenvalue weighted by Crippen LogP contribution is -1.99. The quantitative estimate of drug-likeness (QED) is 0.352. The lowest BCUT2D eigenvalue weighted by molar-refractivity contribution is -0.384. The Hall–Kier alpha value is -3.24. The van der Waals surface area contributed by atoms with E-state index in [2.05, 4.69) is 16.4 Å². The molecule has 0 heterocycles. The molecule has 0 atom stereocenters. The Morgan fingerprint density at radius 3 is 2.72 bits per heavy atom. The highest BCUT2D eigenvalue weighted by Gasteiger charge is 2.11. The molecular formula is C17H14ClN3O4. The van der Waals surface area contributed by atoms with Crippen molar-refractivity contribution < 1.29 is 14.4 Å². The molecule has 0 bridgehead atoms. The Bertz CT molecular complexity index is 829. The molecule has 0 aliphatic rings. The second-order valence-corrected chi connectivity index (χ2v) is 5.11. The van der Waals surface area contributed by atoms with E-state index in [4.69, 9.17) is 27.5 Å². The number of non-ortho nitro benzene ring substituents is 1. The van der Waals surface area contributed by atoms with Crippen molar-refractivity contribution >= 4 is 29.2 Å². The molecule has 0 saturated heterocycles. The number of hydrogen-bond acceptors (Lipinski definition) is 6. The van der Waals surface area contributed by atoms with Crippen LogP contribution in [0.15, 0.2) is 41.5 Å². The van der Waals surface area contributed by atoms with Crippen LogP contribution < -0.4 is 14.9 Å². The van der Waals surface area contributed by atoms with Gasteiger partial charge in [-0.2, -0.15) is 5.10 Å². The van der Waals surface area contributed by atoms with E-state index < -0.39 is 4.92 Å². The molecule has 0 unspecified atom stereocenters. The Morgan fingerprint density at radius 1 is 1.40 bits per heavy atom. The number of nitro groups is 1. The number of hydrogen-bond donors (Lipinski definition) is 1. The monoisotopic (exact) mass is 359 g/mol. The van der Waals surface area contributed by atoms with Crippen LogP contribution in [0.25, 0.3) is 0 Å². The minimum absolute atomic E-state index is 0.00797. The van der Waals surface area contributed by atoms with Crippen molar-refractivity contribution in [3.05, 3.63) is 57.1 Å². The van der Waals surface area contributed by atoms with Gasteiger partial charge in [-0.15, -0.1) is 6.42 Å². The van der Waals surface area contributed by atoms with Crippen LogP contribution in [0.4, 0.5) is 11.4 Å². The standard InChI is InChI=1S/C17H14ClN3O4/c1-3-8-25-17-15(18)9-12(10-16(17)24-2)11-19-20-13-4-6-14(7-5-13)21(22)23/h1,4-7,9-11,20H,8H2,2H3/b19-11+. The molecule has 0 aliphatic heterocycles. The van der Waals surface area contributed by atoms with Gasteiger partial charge in [-0.05, 0) is 29.8 Å². The van der Waals surface area contributed by atoms with Crippen LogP contribution in [-0.2, 0) is 0 Å². The summed E-state index contributed by atoms with van der Waals surface area (Å²) in [6, 6.07) is 9.22. The molecule has 128 valence electrons. The first-order valence-corrected chi connectivity index (χ1v) is 7.40. The Balaban J connectivity index is 2.11. The summed E-state index contributed by atoms with van der Waals surface area (Å²) < 4.78 is 10.6. The van der Waals surface area contributed by atoms with Crippen LogP contribution in [0.1, 0.15) is 5.56 Å². The molecular weight excluding hydrogens is 346 g/mol. The van der Waals surface area contributed by atoms with Gasteiger partial charge in [0.2, 0.25) is 0 Å². The zero-order chi connectivity index (χ0) is 18.2. The van der Waals surface area contributed by atoms with E-state index in [1.165, 1.54) is 25.5 Å². The van der Waals surface area contributed by atoms with E-state index in [0.29, 0.717) is 27.8 Å². The molecule has 0 spiro atoms. The predicted molar refractivity (Wildman–Crippen MR) is 96.6 cm³/mol. The summed E-state index contributed by atoms with van der Waals surface area (Å²) in [4.78, 5) is 10.1. The molecule has 0 fully saturated rings. The highest BCUT2D eigenvalue weighted by atomic mass is 35.5. The SMILES string of the molecule is C#CCOc1c(Cl)cc(/C=N/Nc2ccc([N+](=O)[O-])cc2)cc1OC. The minimum atomic E-state index is -0.467. The van der Waals surface area contributed by atoms with E-state index >= 15 is 0 Å². The van der Waals surface area contributed by atoms with Gasteiger partial charge in [-0.1, -0.05) is 17.5 Å². The number of nitrogens with zero attached hydrogens (tertiary/aromatic N) is 2. The van der Waals surface area contributed by atoms with Crippen molar-refractivity contribution in [3.8, 4) is 23.8 Å². The predicted octanol–water partition coefficient (Wildman–Crippen LogP) is 3.71. The van der Waals surface area contributed by atoms with Crippen LogP contribution in [-0.4, -0.2) is 24.9 Å². The molecule has 0 amide bonds. The van der Waals surface area contributed by atoms with Crippen molar-refractivity contribution in [2.24, 2.45) is 5.10 Å². The van der Waals surface area contributed by atoms with Gasteiger partial charge in [-0.3, -0.25) is 15.5 Å². The first-order valence-electron chi connectivity index (χ1n) is 7.02. The average Bonchev–Trinajstić information content (AvgIpc) is 2.61. The number of ether oxygens (including phenoxy) is 2. The largest absolute Gasteiger partial charge is 0.493 e. The number of methoxy groups -OCH3 is 1. The van der Waals surface area contributed by atoms with E-state index in [-0.39, 0.29) is 12.3 Å². The summed E-state index contributed by atoms with van der Waals surface area (Å²) in [5.41, 5.74) is 4.05. The summed E-state index contributed by atoms with van der Waals surface area (Å²) in [6.45, 7) is 0.0746.